The summed E-state index contributed by atoms with van der Waals surface area (Å²) in [5.41, 5.74) is 0. The molecule has 0 rings (SSSR count). The number of allylic oxidation sites excluding steroid dienone is 2. The first-order chi connectivity index (χ1) is 12.5. The summed E-state index contributed by atoms with van der Waals surface area (Å²) in [6.45, 7) is 13.4. The second-order valence-corrected chi connectivity index (χ2v) is 17.0. The molecule has 2 atom stereocenters. The summed E-state index contributed by atoms with van der Waals surface area (Å²) in [5.74, 6) is 0. The normalized spacial score (nSPS) is 15.7. The molecular weight excluding hydrogens is 471 g/mol. The number of carbonyl (C=O) groups excluding carboxylic acids is 1. The van der Waals surface area contributed by atoms with Crippen molar-refractivity contribution in [1.82, 2.24) is 0 Å². The molecule has 0 saturated carbocycles. The summed E-state index contributed by atoms with van der Waals surface area (Å²) in [5, 5.41) is 0. The zero-order chi connectivity index (χ0) is 20.1. The Hall–Kier alpha value is 0.234. The molecule has 0 unspecified atom stereocenters. The Bertz CT molecular complexity index is 416. The minimum absolute atomic E-state index is 0.143. The molecule has 0 aromatic rings. The van der Waals surface area contributed by atoms with Crippen LogP contribution < -0.4 is 0 Å². The quantitative estimate of drug-likeness (QED) is 0.104. The molecule has 0 N–H and O–H groups in total. The van der Waals surface area contributed by atoms with Crippen LogP contribution in [-0.2, 0) is 13.6 Å². The molecule has 152 valence electrons. The molecule has 0 aliphatic heterocycles. The van der Waals surface area contributed by atoms with E-state index in [9.17, 15) is 4.79 Å². The SMILES string of the molecule is CC[Si](CC)(CC)O[C@@H](CC=O)[C@@H](/C=C/C=C/I)O[Si](CC)(CC)CC. The van der Waals surface area contributed by atoms with Gasteiger partial charge in [-0.3, -0.25) is 0 Å². The Morgan fingerprint density at radius 2 is 1.27 bits per heavy atom. The van der Waals surface area contributed by atoms with Gasteiger partial charge in [-0.05, 0) is 40.3 Å². The van der Waals surface area contributed by atoms with Gasteiger partial charge in [-0.1, -0.05) is 82.4 Å². The predicted octanol–water partition coefficient (Wildman–Crippen LogP) is 6.86. The smallest absolute Gasteiger partial charge is 0.193 e. The van der Waals surface area contributed by atoms with Crippen LogP contribution in [0.5, 0.6) is 0 Å². The van der Waals surface area contributed by atoms with Gasteiger partial charge in [-0.15, -0.1) is 0 Å². The van der Waals surface area contributed by atoms with Gasteiger partial charge in [0.2, 0.25) is 0 Å². The molecule has 0 fully saturated rings. The Kier molecular flexibility index (Phi) is 14.4. The summed E-state index contributed by atoms with van der Waals surface area (Å²) < 4.78 is 15.5. The van der Waals surface area contributed by atoms with E-state index in [-0.39, 0.29) is 12.2 Å². The third kappa shape index (κ3) is 8.08. The summed E-state index contributed by atoms with van der Waals surface area (Å²) in [6.07, 6.45) is 7.23. The lowest BCUT2D eigenvalue weighted by molar-refractivity contribution is -0.110. The molecule has 26 heavy (non-hydrogen) atoms. The molecule has 0 aromatic heterocycles. The molecule has 0 saturated heterocycles. The van der Waals surface area contributed by atoms with E-state index >= 15 is 0 Å². The molecule has 0 aliphatic rings. The van der Waals surface area contributed by atoms with Crippen molar-refractivity contribution in [3.8, 4) is 0 Å². The lowest BCUT2D eigenvalue weighted by atomic mass is 10.1. The van der Waals surface area contributed by atoms with Crippen molar-refractivity contribution in [2.75, 3.05) is 0 Å². The average Bonchev–Trinajstić information content (AvgIpc) is 2.69. The lowest BCUT2D eigenvalue weighted by Crippen LogP contribution is -2.49. The average molecular weight is 511 g/mol. The van der Waals surface area contributed by atoms with Crippen molar-refractivity contribution in [3.05, 3.63) is 22.3 Å². The lowest BCUT2D eigenvalue weighted by Gasteiger charge is -2.39. The number of rotatable bonds is 15. The number of halogens is 1. The van der Waals surface area contributed by atoms with Crippen LogP contribution in [0.1, 0.15) is 48.0 Å². The fourth-order valence-electron chi connectivity index (χ4n) is 3.41. The van der Waals surface area contributed by atoms with Gasteiger partial charge in [0.05, 0.1) is 12.2 Å². The first-order valence-electron chi connectivity index (χ1n) is 10.2. The molecule has 0 bridgehead atoms. The van der Waals surface area contributed by atoms with Crippen LogP contribution >= 0.6 is 22.6 Å². The van der Waals surface area contributed by atoms with Crippen LogP contribution in [0, 0.1) is 0 Å². The van der Waals surface area contributed by atoms with Gasteiger partial charge < -0.3 is 13.6 Å². The van der Waals surface area contributed by atoms with Crippen LogP contribution in [0.3, 0.4) is 0 Å². The predicted molar refractivity (Wildman–Crippen MR) is 127 cm³/mol. The van der Waals surface area contributed by atoms with Gasteiger partial charge in [0.15, 0.2) is 16.6 Å². The highest BCUT2D eigenvalue weighted by molar-refractivity contribution is 14.1. The van der Waals surface area contributed by atoms with E-state index < -0.39 is 16.6 Å². The Balaban J connectivity index is 5.77. The van der Waals surface area contributed by atoms with Gasteiger partial charge in [-0.25, -0.2) is 0 Å². The van der Waals surface area contributed by atoms with Crippen molar-refractivity contribution < 1.29 is 13.6 Å². The maximum Gasteiger partial charge on any atom is 0.193 e. The van der Waals surface area contributed by atoms with Crippen LogP contribution in [0.2, 0.25) is 36.3 Å². The van der Waals surface area contributed by atoms with Crippen LogP contribution in [0.25, 0.3) is 0 Å². The third-order valence-corrected chi connectivity index (χ3v) is 15.6. The number of hydrogen-bond acceptors (Lipinski definition) is 3. The number of hydrogen-bond donors (Lipinski definition) is 0. The summed E-state index contributed by atoms with van der Waals surface area (Å²) >= 11 is 2.21. The summed E-state index contributed by atoms with van der Waals surface area (Å²) in [4.78, 5) is 11.4. The fraction of sp³-hybridized carbons (Fsp3) is 0.750. The minimum Gasteiger partial charge on any atom is -0.411 e. The molecule has 0 amide bonds. The molecule has 0 aromatic carbocycles. The first-order valence-corrected chi connectivity index (χ1v) is 16.5. The highest BCUT2D eigenvalue weighted by Gasteiger charge is 2.38. The largest absolute Gasteiger partial charge is 0.411 e. The zero-order valence-electron chi connectivity index (χ0n) is 17.6. The molecule has 0 radical (unpaired) electrons. The van der Waals surface area contributed by atoms with E-state index in [0.29, 0.717) is 6.42 Å². The van der Waals surface area contributed by atoms with E-state index in [0.717, 1.165) is 42.6 Å². The highest BCUT2D eigenvalue weighted by atomic mass is 127. The Morgan fingerprint density at radius 1 is 0.808 bits per heavy atom. The summed E-state index contributed by atoms with van der Waals surface area (Å²) in [6, 6.07) is 6.53. The monoisotopic (exact) mass is 510 g/mol. The van der Waals surface area contributed by atoms with Crippen LogP contribution in [0.4, 0.5) is 0 Å². The van der Waals surface area contributed by atoms with Gasteiger partial charge >= 0.3 is 0 Å². The molecule has 0 spiro atoms. The van der Waals surface area contributed by atoms with E-state index in [2.05, 4.69) is 70.2 Å². The van der Waals surface area contributed by atoms with E-state index in [1.807, 2.05) is 16.2 Å². The van der Waals surface area contributed by atoms with E-state index in [1.54, 1.807) is 0 Å². The Morgan fingerprint density at radius 3 is 1.65 bits per heavy atom. The van der Waals surface area contributed by atoms with Crippen LogP contribution in [-0.4, -0.2) is 35.1 Å². The second kappa shape index (κ2) is 14.3. The Labute approximate surface area is 177 Å². The molecule has 3 nitrogen and oxygen atoms in total. The van der Waals surface area contributed by atoms with Crippen molar-refractivity contribution >= 4 is 45.5 Å². The topological polar surface area (TPSA) is 35.5 Å². The first kappa shape index (κ1) is 26.2. The molecular formula is C20H39IO3Si2. The molecule has 0 aliphatic carbocycles. The van der Waals surface area contributed by atoms with E-state index in [4.69, 9.17) is 8.85 Å². The van der Waals surface area contributed by atoms with Gasteiger partial charge in [-0.2, -0.15) is 0 Å². The maximum atomic E-state index is 11.4. The summed E-state index contributed by atoms with van der Waals surface area (Å²) in [7, 11) is -3.61. The van der Waals surface area contributed by atoms with Gasteiger partial charge in [0.1, 0.15) is 6.29 Å². The van der Waals surface area contributed by atoms with Crippen molar-refractivity contribution in [2.45, 2.75) is 96.4 Å². The molecule has 6 heteroatoms. The zero-order valence-corrected chi connectivity index (χ0v) is 21.8. The second-order valence-electron chi connectivity index (χ2n) is 6.83. The third-order valence-electron chi connectivity index (χ3n) is 5.83. The minimum atomic E-state index is -1.81. The fourth-order valence-corrected chi connectivity index (χ4v) is 9.33. The standard InChI is InChI=1S/C20H39IO3Si2/c1-7-25(8-2,9-3)23-19(15-13-14-17-21)20(16-18-22)24-26(10-4,11-5)12-6/h13-15,17-20H,7-12,16H2,1-6H3/b15-13+,17-14+/t19-,20+/m1/s1. The van der Waals surface area contributed by atoms with Gasteiger partial charge in [0.25, 0.3) is 0 Å². The maximum absolute atomic E-state index is 11.4. The van der Waals surface area contributed by atoms with Crippen LogP contribution in [0.15, 0.2) is 22.3 Å². The molecule has 0 heterocycles. The number of aldehydes is 1. The van der Waals surface area contributed by atoms with E-state index in [1.165, 1.54) is 0 Å². The van der Waals surface area contributed by atoms with Crippen molar-refractivity contribution in [1.29, 1.82) is 0 Å². The van der Waals surface area contributed by atoms with Crippen molar-refractivity contribution in [2.24, 2.45) is 0 Å². The van der Waals surface area contributed by atoms with Gasteiger partial charge in [0, 0.05) is 6.42 Å². The number of carbonyl (C=O) groups is 1. The highest BCUT2D eigenvalue weighted by Crippen LogP contribution is 2.30. The van der Waals surface area contributed by atoms with Crippen molar-refractivity contribution in [3.63, 3.8) is 0 Å².